The van der Waals surface area contributed by atoms with Crippen LogP contribution in [-0.2, 0) is 16.4 Å². The van der Waals surface area contributed by atoms with E-state index in [1.54, 1.807) is 5.57 Å². The zero-order valence-electron chi connectivity index (χ0n) is 12.8. The SMILES string of the molecule is CS(=O)(=O)Nc1ccc(C/C=C2\CN3CCC2CC3)cc1.Cl. The molecule has 1 aromatic rings. The van der Waals surface area contributed by atoms with E-state index in [0.717, 1.165) is 18.9 Å². The molecule has 0 unspecified atom stereocenters. The molecule has 0 spiro atoms. The molecule has 3 heterocycles. The molecule has 6 heteroatoms. The first-order valence-corrected chi connectivity index (χ1v) is 9.37. The monoisotopic (exact) mass is 342 g/mol. The number of nitrogens with zero attached hydrogens (tertiary/aromatic N) is 1. The van der Waals surface area contributed by atoms with Gasteiger partial charge in [-0.3, -0.25) is 9.62 Å². The van der Waals surface area contributed by atoms with Gasteiger partial charge in [0.1, 0.15) is 0 Å². The van der Waals surface area contributed by atoms with Crippen LogP contribution in [0.2, 0.25) is 0 Å². The van der Waals surface area contributed by atoms with E-state index < -0.39 is 10.0 Å². The first-order valence-electron chi connectivity index (χ1n) is 7.47. The highest BCUT2D eigenvalue weighted by atomic mass is 35.5. The van der Waals surface area contributed by atoms with Crippen LogP contribution in [0.1, 0.15) is 18.4 Å². The molecule has 0 amide bonds. The molecule has 0 radical (unpaired) electrons. The van der Waals surface area contributed by atoms with Crippen molar-refractivity contribution in [3.05, 3.63) is 41.5 Å². The zero-order chi connectivity index (χ0) is 14.9. The molecule has 1 N–H and O–H groups in total. The summed E-state index contributed by atoms with van der Waals surface area (Å²) in [6, 6.07) is 7.63. The molecule has 1 aromatic carbocycles. The predicted octanol–water partition coefficient (Wildman–Crippen LogP) is 2.67. The van der Waals surface area contributed by atoms with Gasteiger partial charge >= 0.3 is 0 Å². The molecule has 0 saturated carbocycles. The van der Waals surface area contributed by atoms with E-state index in [1.807, 2.05) is 24.3 Å². The zero-order valence-corrected chi connectivity index (χ0v) is 14.4. The summed E-state index contributed by atoms with van der Waals surface area (Å²) in [5.74, 6) is 0.793. The summed E-state index contributed by atoms with van der Waals surface area (Å²) in [6.45, 7) is 3.65. The average Bonchev–Trinajstić information content (AvgIpc) is 2.46. The molecule has 4 nitrogen and oxygen atoms in total. The summed E-state index contributed by atoms with van der Waals surface area (Å²) >= 11 is 0. The van der Waals surface area contributed by atoms with Crippen molar-refractivity contribution in [2.24, 2.45) is 5.92 Å². The summed E-state index contributed by atoms with van der Waals surface area (Å²) in [7, 11) is -3.19. The van der Waals surface area contributed by atoms with E-state index in [-0.39, 0.29) is 12.4 Å². The van der Waals surface area contributed by atoms with Gasteiger partial charge in [0, 0.05) is 12.2 Å². The van der Waals surface area contributed by atoms with Crippen LogP contribution in [0.15, 0.2) is 35.9 Å². The second-order valence-corrected chi connectivity index (χ2v) is 7.85. The number of hydrogen-bond acceptors (Lipinski definition) is 3. The minimum atomic E-state index is -3.19. The third-order valence-electron chi connectivity index (χ3n) is 4.38. The lowest BCUT2D eigenvalue weighted by molar-refractivity contribution is 0.161. The highest BCUT2D eigenvalue weighted by Gasteiger charge is 2.28. The fourth-order valence-electron chi connectivity index (χ4n) is 3.25. The quantitative estimate of drug-likeness (QED) is 0.856. The smallest absolute Gasteiger partial charge is 0.229 e. The Morgan fingerprint density at radius 3 is 2.36 bits per heavy atom. The molecule has 0 aliphatic carbocycles. The van der Waals surface area contributed by atoms with E-state index in [1.165, 1.54) is 37.8 Å². The van der Waals surface area contributed by atoms with Crippen molar-refractivity contribution >= 4 is 28.1 Å². The molecule has 3 fully saturated rings. The fourth-order valence-corrected chi connectivity index (χ4v) is 3.82. The van der Waals surface area contributed by atoms with Crippen LogP contribution in [0.5, 0.6) is 0 Å². The van der Waals surface area contributed by atoms with E-state index in [9.17, 15) is 8.42 Å². The Hall–Kier alpha value is -1.04. The number of rotatable bonds is 4. The Kier molecular flexibility index (Phi) is 5.53. The number of anilines is 1. The normalized spacial score (nSPS) is 25.8. The van der Waals surface area contributed by atoms with E-state index in [2.05, 4.69) is 15.7 Å². The van der Waals surface area contributed by atoms with Crippen LogP contribution in [0, 0.1) is 5.92 Å². The predicted molar refractivity (Wildman–Crippen MR) is 93.1 cm³/mol. The number of nitrogens with one attached hydrogen (secondary N) is 1. The van der Waals surface area contributed by atoms with Crippen LogP contribution < -0.4 is 4.72 Å². The highest BCUT2D eigenvalue weighted by molar-refractivity contribution is 7.92. The van der Waals surface area contributed by atoms with Crippen molar-refractivity contribution in [2.75, 3.05) is 30.6 Å². The van der Waals surface area contributed by atoms with Crippen molar-refractivity contribution in [3.63, 3.8) is 0 Å². The third-order valence-corrected chi connectivity index (χ3v) is 4.98. The van der Waals surface area contributed by atoms with Crippen LogP contribution in [0.25, 0.3) is 0 Å². The maximum absolute atomic E-state index is 11.2. The van der Waals surface area contributed by atoms with Gasteiger partial charge in [-0.15, -0.1) is 12.4 Å². The van der Waals surface area contributed by atoms with E-state index in [4.69, 9.17) is 0 Å². The molecule has 22 heavy (non-hydrogen) atoms. The largest absolute Gasteiger partial charge is 0.299 e. The Labute approximate surface area is 139 Å². The topological polar surface area (TPSA) is 49.4 Å². The number of piperidine rings is 3. The van der Waals surface area contributed by atoms with Crippen molar-refractivity contribution in [1.82, 2.24) is 4.90 Å². The van der Waals surface area contributed by atoms with Gasteiger partial charge in [0.15, 0.2) is 0 Å². The fraction of sp³-hybridized carbons (Fsp3) is 0.500. The summed E-state index contributed by atoms with van der Waals surface area (Å²) in [4.78, 5) is 2.53. The molecule has 0 atom stereocenters. The van der Waals surface area contributed by atoms with Gasteiger partial charge in [-0.2, -0.15) is 0 Å². The number of benzene rings is 1. The van der Waals surface area contributed by atoms with Gasteiger partial charge in [0.2, 0.25) is 10.0 Å². The number of halogens is 1. The maximum atomic E-state index is 11.2. The van der Waals surface area contributed by atoms with E-state index >= 15 is 0 Å². The average molecular weight is 343 g/mol. The lowest BCUT2D eigenvalue weighted by Crippen LogP contribution is -2.43. The first kappa shape index (κ1) is 17.3. The van der Waals surface area contributed by atoms with Crippen molar-refractivity contribution in [1.29, 1.82) is 0 Å². The van der Waals surface area contributed by atoms with Gasteiger partial charge in [0.25, 0.3) is 0 Å². The summed E-state index contributed by atoms with van der Waals surface area (Å²) < 4.78 is 24.8. The van der Waals surface area contributed by atoms with E-state index in [0.29, 0.717) is 5.69 Å². The summed E-state index contributed by atoms with van der Waals surface area (Å²) in [6.07, 6.45) is 7.08. The number of allylic oxidation sites excluding steroid dienone is 1. The summed E-state index contributed by atoms with van der Waals surface area (Å²) in [5.41, 5.74) is 3.43. The third kappa shape index (κ3) is 4.48. The van der Waals surface area contributed by atoms with Crippen molar-refractivity contribution < 1.29 is 8.42 Å². The van der Waals surface area contributed by atoms with Crippen LogP contribution in [0.4, 0.5) is 5.69 Å². The Morgan fingerprint density at radius 1 is 1.23 bits per heavy atom. The number of hydrogen-bond donors (Lipinski definition) is 1. The van der Waals surface area contributed by atoms with Crippen LogP contribution in [-0.4, -0.2) is 39.2 Å². The molecular formula is C16H23ClN2O2S. The molecule has 3 aliphatic rings. The lowest BCUT2D eigenvalue weighted by Gasteiger charge is -2.41. The lowest BCUT2D eigenvalue weighted by atomic mass is 9.83. The van der Waals surface area contributed by atoms with Gasteiger partial charge in [0.05, 0.1) is 6.26 Å². The minimum absolute atomic E-state index is 0. The maximum Gasteiger partial charge on any atom is 0.229 e. The Bertz CT molecular complexity index is 633. The standard InChI is InChI=1S/C16H22N2O2S.ClH/c1-21(19,20)17-16-6-3-13(4-7-16)2-5-15-12-18-10-8-14(15)9-11-18;/h3-7,14,17H,2,8-12H2,1H3;1H/b15-5+;. The highest BCUT2D eigenvalue weighted by Crippen LogP contribution is 2.31. The molecule has 3 saturated heterocycles. The number of sulfonamides is 1. The second kappa shape index (κ2) is 7.02. The minimum Gasteiger partial charge on any atom is -0.299 e. The molecule has 122 valence electrons. The molecule has 4 rings (SSSR count). The van der Waals surface area contributed by atoms with Crippen LogP contribution in [0.3, 0.4) is 0 Å². The molecule has 3 aliphatic heterocycles. The van der Waals surface area contributed by atoms with Gasteiger partial charge in [-0.1, -0.05) is 23.8 Å². The Balaban J connectivity index is 0.00000176. The van der Waals surface area contributed by atoms with Crippen LogP contribution >= 0.6 is 12.4 Å². The van der Waals surface area contributed by atoms with Crippen molar-refractivity contribution in [2.45, 2.75) is 19.3 Å². The first-order chi connectivity index (χ1) is 9.99. The van der Waals surface area contributed by atoms with Gasteiger partial charge < -0.3 is 0 Å². The molecule has 0 aromatic heterocycles. The number of fused-ring (bicyclic) bond motifs is 3. The molecular weight excluding hydrogens is 320 g/mol. The molecule has 2 bridgehead atoms. The second-order valence-electron chi connectivity index (χ2n) is 6.10. The van der Waals surface area contributed by atoms with Gasteiger partial charge in [-0.05, 0) is 56.0 Å². The summed E-state index contributed by atoms with van der Waals surface area (Å²) in [5, 5.41) is 0. The Morgan fingerprint density at radius 2 is 1.86 bits per heavy atom. The van der Waals surface area contributed by atoms with Crippen molar-refractivity contribution in [3.8, 4) is 0 Å². The van der Waals surface area contributed by atoms with Gasteiger partial charge in [-0.25, -0.2) is 8.42 Å².